The van der Waals surface area contributed by atoms with Crippen LogP contribution < -0.4 is 15.5 Å². The molecule has 1 aromatic rings. The van der Waals surface area contributed by atoms with Crippen LogP contribution in [-0.2, 0) is 4.74 Å². The number of rotatable bonds is 9. The lowest BCUT2D eigenvalue weighted by molar-refractivity contribution is 0.203. The van der Waals surface area contributed by atoms with Gasteiger partial charge in [-0.25, -0.2) is 0 Å². The molecule has 0 aromatic heterocycles. The molecule has 0 saturated carbocycles. The summed E-state index contributed by atoms with van der Waals surface area (Å²) in [6.45, 7) is 10.6. The number of anilines is 1. The number of nitrogens with zero attached hydrogens (tertiary/aromatic N) is 3. The molecule has 0 spiro atoms. The Morgan fingerprint density at radius 1 is 1.22 bits per heavy atom. The summed E-state index contributed by atoms with van der Waals surface area (Å²) in [4.78, 5) is 9.55. The Hall–Kier alpha value is -0.770. The van der Waals surface area contributed by atoms with Crippen LogP contribution in [0.2, 0.25) is 5.02 Å². The Bertz CT molecular complexity index is 553. The van der Waals surface area contributed by atoms with Crippen molar-refractivity contribution >= 4 is 47.2 Å². The lowest BCUT2D eigenvalue weighted by Gasteiger charge is -2.36. The van der Waals surface area contributed by atoms with Crippen molar-refractivity contribution in [3.05, 3.63) is 29.3 Å². The summed E-state index contributed by atoms with van der Waals surface area (Å²) in [5.41, 5.74) is 1.22. The van der Waals surface area contributed by atoms with E-state index in [4.69, 9.17) is 16.3 Å². The number of hydrogen-bond acceptors (Lipinski definition) is 4. The van der Waals surface area contributed by atoms with Crippen LogP contribution in [0.15, 0.2) is 29.3 Å². The maximum absolute atomic E-state index is 6.10. The van der Waals surface area contributed by atoms with E-state index >= 15 is 0 Å². The van der Waals surface area contributed by atoms with Crippen LogP contribution >= 0.6 is 35.6 Å². The predicted octanol–water partition coefficient (Wildman–Crippen LogP) is 2.67. The molecule has 6 nitrogen and oxygen atoms in total. The van der Waals surface area contributed by atoms with Gasteiger partial charge >= 0.3 is 0 Å². The highest BCUT2D eigenvalue weighted by molar-refractivity contribution is 14.0. The van der Waals surface area contributed by atoms with E-state index in [1.54, 1.807) is 7.11 Å². The quantitative estimate of drug-likeness (QED) is 0.232. The molecule has 27 heavy (non-hydrogen) atoms. The summed E-state index contributed by atoms with van der Waals surface area (Å²) in [5.74, 6) is 0.871. The van der Waals surface area contributed by atoms with E-state index in [1.807, 2.05) is 18.2 Å². The Morgan fingerprint density at radius 3 is 2.67 bits per heavy atom. The Kier molecular flexibility index (Phi) is 12.8. The zero-order valence-electron chi connectivity index (χ0n) is 16.4. The van der Waals surface area contributed by atoms with Gasteiger partial charge in [-0.3, -0.25) is 9.89 Å². The fourth-order valence-corrected chi connectivity index (χ4v) is 3.19. The van der Waals surface area contributed by atoms with Gasteiger partial charge in [-0.05, 0) is 31.5 Å². The first-order valence-electron chi connectivity index (χ1n) is 9.47. The summed E-state index contributed by atoms with van der Waals surface area (Å²) in [6, 6.07) is 8.12. The molecule has 0 unspecified atom stereocenters. The van der Waals surface area contributed by atoms with Gasteiger partial charge in [-0.1, -0.05) is 17.7 Å². The van der Waals surface area contributed by atoms with Gasteiger partial charge in [-0.2, -0.15) is 0 Å². The van der Waals surface area contributed by atoms with Crippen molar-refractivity contribution in [2.24, 2.45) is 4.99 Å². The van der Waals surface area contributed by atoms with E-state index in [9.17, 15) is 0 Å². The van der Waals surface area contributed by atoms with Crippen LogP contribution in [0.5, 0.6) is 0 Å². The zero-order valence-corrected chi connectivity index (χ0v) is 19.5. The molecule has 1 aliphatic heterocycles. The van der Waals surface area contributed by atoms with Gasteiger partial charge in [0.2, 0.25) is 0 Å². The molecule has 0 aliphatic carbocycles. The third-order valence-electron chi connectivity index (χ3n) is 4.39. The van der Waals surface area contributed by atoms with Gasteiger partial charge in [-0.15, -0.1) is 24.0 Å². The number of piperazine rings is 1. The maximum Gasteiger partial charge on any atom is 0.191 e. The summed E-state index contributed by atoms with van der Waals surface area (Å²) in [6.07, 6.45) is 1.07. The van der Waals surface area contributed by atoms with Gasteiger partial charge in [0.15, 0.2) is 5.96 Å². The van der Waals surface area contributed by atoms with E-state index in [1.165, 1.54) is 5.69 Å². The first-order chi connectivity index (χ1) is 12.7. The molecule has 1 aromatic carbocycles. The third-order valence-corrected chi connectivity index (χ3v) is 4.63. The zero-order chi connectivity index (χ0) is 18.6. The highest BCUT2D eigenvalue weighted by atomic mass is 127. The average Bonchev–Trinajstić information content (AvgIpc) is 2.66. The molecule has 2 N–H and O–H groups in total. The lowest BCUT2D eigenvalue weighted by atomic mass is 10.2. The molecule has 1 heterocycles. The number of methoxy groups -OCH3 is 1. The Balaban J connectivity index is 0.00000364. The van der Waals surface area contributed by atoms with Crippen LogP contribution in [0.4, 0.5) is 5.69 Å². The van der Waals surface area contributed by atoms with E-state index in [0.717, 1.165) is 69.8 Å². The van der Waals surface area contributed by atoms with E-state index in [2.05, 4.69) is 38.4 Å². The Morgan fingerprint density at radius 2 is 2.00 bits per heavy atom. The molecule has 1 aliphatic rings. The number of guanidine groups is 1. The van der Waals surface area contributed by atoms with Crippen molar-refractivity contribution in [3.8, 4) is 0 Å². The number of nitrogens with one attached hydrogen (secondary N) is 2. The van der Waals surface area contributed by atoms with Crippen LogP contribution in [0, 0.1) is 0 Å². The third kappa shape index (κ3) is 9.32. The highest BCUT2D eigenvalue weighted by Gasteiger charge is 2.16. The van der Waals surface area contributed by atoms with Crippen molar-refractivity contribution in [2.75, 3.05) is 71.0 Å². The number of aliphatic imine (C=N–C) groups is 1. The minimum atomic E-state index is 0. The molecule has 0 radical (unpaired) electrons. The number of benzene rings is 1. The van der Waals surface area contributed by atoms with E-state index in [-0.39, 0.29) is 24.0 Å². The second kappa shape index (κ2) is 14.3. The van der Waals surface area contributed by atoms with Crippen molar-refractivity contribution in [2.45, 2.75) is 13.3 Å². The van der Waals surface area contributed by atoms with Crippen molar-refractivity contribution in [3.63, 3.8) is 0 Å². The largest absolute Gasteiger partial charge is 0.383 e. The SMILES string of the molecule is CCNC(=NCCCN1CCN(c2cccc(Cl)c2)CC1)NCCOC.I. The Labute approximate surface area is 185 Å². The molecule has 154 valence electrons. The van der Waals surface area contributed by atoms with Crippen LogP contribution in [0.3, 0.4) is 0 Å². The van der Waals surface area contributed by atoms with Crippen LogP contribution in [-0.4, -0.2) is 76.9 Å². The fraction of sp³-hybridized carbons (Fsp3) is 0.632. The fourth-order valence-electron chi connectivity index (χ4n) is 3.00. The molecule has 0 atom stereocenters. The maximum atomic E-state index is 6.10. The molecule has 0 bridgehead atoms. The van der Waals surface area contributed by atoms with Crippen molar-refractivity contribution < 1.29 is 4.74 Å². The minimum Gasteiger partial charge on any atom is -0.383 e. The predicted molar refractivity (Wildman–Crippen MR) is 126 cm³/mol. The van der Waals surface area contributed by atoms with Crippen molar-refractivity contribution in [1.82, 2.24) is 15.5 Å². The van der Waals surface area contributed by atoms with Gasteiger partial charge in [0.05, 0.1) is 6.61 Å². The molecular weight excluding hydrogens is 477 g/mol. The molecule has 0 amide bonds. The standard InChI is InChI=1S/C19H32ClN5O.HI/c1-3-21-19(23-9-15-26-2)22-8-5-10-24-11-13-25(14-12-24)18-7-4-6-17(20)16-18;/h4,6-7,16H,3,5,8-15H2,1-2H3,(H2,21,22,23);1H. The summed E-state index contributed by atoms with van der Waals surface area (Å²) < 4.78 is 5.06. The summed E-state index contributed by atoms with van der Waals surface area (Å²) in [7, 11) is 1.71. The smallest absolute Gasteiger partial charge is 0.191 e. The topological polar surface area (TPSA) is 52.1 Å². The second-order valence-electron chi connectivity index (χ2n) is 6.34. The van der Waals surface area contributed by atoms with Gasteiger partial charge in [0.25, 0.3) is 0 Å². The molecule has 1 fully saturated rings. The van der Waals surface area contributed by atoms with Gasteiger partial charge < -0.3 is 20.3 Å². The molecule has 2 rings (SSSR count). The molecular formula is C19H33ClIN5O. The summed E-state index contributed by atoms with van der Waals surface area (Å²) >= 11 is 6.10. The molecule has 1 saturated heterocycles. The van der Waals surface area contributed by atoms with Gasteiger partial charge in [0, 0.05) is 70.2 Å². The normalized spacial score (nSPS) is 15.4. The van der Waals surface area contributed by atoms with E-state index in [0.29, 0.717) is 6.61 Å². The lowest BCUT2D eigenvalue weighted by Crippen LogP contribution is -2.46. The number of halogens is 2. The minimum absolute atomic E-state index is 0. The monoisotopic (exact) mass is 509 g/mol. The highest BCUT2D eigenvalue weighted by Crippen LogP contribution is 2.20. The summed E-state index contributed by atoms with van der Waals surface area (Å²) in [5, 5.41) is 7.34. The number of ether oxygens (including phenoxy) is 1. The molecule has 8 heteroatoms. The van der Waals surface area contributed by atoms with Crippen LogP contribution in [0.25, 0.3) is 0 Å². The second-order valence-corrected chi connectivity index (χ2v) is 6.78. The van der Waals surface area contributed by atoms with Gasteiger partial charge in [0.1, 0.15) is 0 Å². The van der Waals surface area contributed by atoms with Crippen LogP contribution in [0.1, 0.15) is 13.3 Å². The number of hydrogen-bond donors (Lipinski definition) is 2. The van der Waals surface area contributed by atoms with Crippen molar-refractivity contribution in [1.29, 1.82) is 0 Å². The first-order valence-corrected chi connectivity index (χ1v) is 9.84. The average molecular weight is 510 g/mol. The first kappa shape index (κ1) is 24.3. The van der Waals surface area contributed by atoms with E-state index < -0.39 is 0 Å².